The van der Waals surface area contributed by atoms with E-state index in [1.165, 1.54) is 11.9 Å². The van der Waals surface area contributed by atoms with Gasteiger partial charge in [0.15, 0.2) is 0 Å². The van der Waals surface area contributed by atoms with Crippen LogP contribution in [-0.2, 0) is 9.59 Å². The fourth-order valence-electron chi connectivity index (χ4n) is 1.20. The van der Waals surface area contributed by atoms with E-state index >= 15 is 0 Å². The van der Waals surface area contributed by atoms with Crippen molar-refractivity contribution in [1.82, 2.24) is 4.90 Å². The van der Waals surface area contributed by atoms with Crippen LogP contribution in [0.1, 0.15) is 20.3 Å². The second-order valence-corrected chi connectivity index (χ2v) is 3.90. The van der Waals surface area contributed by atoms with Gasteiger partial charge in [-0.3, -0.25) is 9.59 Å². The van der Waals surface area contributed by atoms with Gasteiger partial charge in [-0.25, -0.2) is 0 Å². The minimum Gasteiger partial charge on any atom is -0.368 e. The molecular formula is C9H19N3O2. The van der Waals surface area contributed by atoms with Gasteiger partial charge in [0.2, 0.25) is 11.8 Å². The van der Waals surface area contributed by atoms with Gasteiger partial charge in [0.05, 0.1) is 12.6 Å². The number of amides is 2. The molecule has 2 amide bonds. The van der Waals surface area contributed by atoms with E-state index in [1.54, 1.807) is 0 Å². The SMILES string of the molecule is CC(C)C[C@@H](N)C(=O)N(C)CC(N)=O. The number of hydrogen-bond donors (Lipinski definition) is 2. The van der Waals surface area contributed by atoms with Gasteiger partial charge in [-0.1, -0.05) is 13.8 Å². The maximum absolute atomic E-state index is 11.5. The molecule has 0 aliphatic rings. The fourth-order valence-corrected chi connectivity index (χ4v) is 1.20. The smallest absolute Gasteiger partial charge is 0.239 e. The zero-order valence-corrected chi connectivity index (χ0v) is 8.99. The van der Waals surface area contributed by atoms with Gasteiger partial charge in [-0.05, 0) is 12.3 Å². The third-order valence-electron chi connectivity index (χ3n) is 1.81. The highest BCUT2D eigenvalue weighted by Crippen LogP contribution is 2.04. The lowest BCUT2D eigenvalue weighted by Gasteiger charge is -2.20. The van der Waals surface area contributed by atoms with Crippen LogP contribution in [0.25, 0.3) is 0 Å². The molecule has 0 saturated heterocycles. The highest BCUT2D eigenvalue weighted by atomic mass is 16.2. The highest BCUT2D eigenvalue weighted by molar-refractivity contribution is 5.86. The molecule has 0 fully saturated rings. The van der Waals surface area contributed by atoms with Crippen LogP contribution in [0.15, 0.2) is 0 Å². The van der Waals surface area contributed by atoms with Crippen molar-refractivity contribution in [2.24, 2.45) is 17.4 Å². The molecule has 0 rings (SSSR count). The Balaban J connectivity index is 4.10. The van der Waals surface area contributed by atoms with Crippen LogP contribution in [-0.4, -0.2) is 36.3 Å². The number of hydrogen-bond acceptors (Lipinski definition) is 3. The third kappa shape index (κ3) is 4.81. The van der Waals surface area contributed by atoms with E-state index in [0.29, 0.717) is 12.3 Å². The Bertz CT molecular complexity index is 216. The maximum Gasteiger partial charge on any atom is 0.239 e. The Morgan fingerprint density at radius 1 is 1.36 bits per heavy atom. The van der Waals surface area contributed by atoms with E-state index in [1.807, 2.05) is 13.8 Å². The monoisotopic (exact) mass is 201 g/mol. The van der Waals surface area contributed by atoms with E-state index < -0.39 is 11.9 Å². The Labute approximate surface area is 84.4 Å². The first-order valence-corrected chi connectivity index (χ1v) is 4.63. The number of carbonyl (C=O) groups excluding carboxylic acids is 2. The zero-order chi connectivity index (χ0) is 11.3. The van der Waals surface area contributed by atoms with Crippen molar-refractivity contribution in [2.45, 2.75) is 26.3 Å². The summed E-state index contributed by atoms with van der Waals surface area (Å²) in [5.74, 6) is -0.411. The fraction of sp³-hybridized carbons (Fsp3) is 0.778. The van der Waals surface area contributed by atoms with Crippen LogP contribution < -0.4 is 11.5 Å². The number of primary amides is 1. The Hall–Kier alpha value is -1.10. The predicted molar refractivity (Wildman–Crippen MR) is 54.3 cm³/mol. The van der Waals surface area contributed by atoms with Crippen LogP contribution in [0.3, 0.4) is 0 Å². The first-order chi connectivity index (χ1) is 6.34. The van der Waals surface area contributed by atoms with Gasteiger partial charge in [-0.15, -0.1) is 0 Å². The minimum absolute atomic E-state index is 0.0787. The third-order valence-corrected chi connectivity index (χ3v) is 1.81. The molecule has 0 aliphatic heterocycles. The van der Waals surface area contributed by atoms with E-state index in [0.717, 1.165) is 0 Å². The van der Waals surface area contributed by atoms with E-state index in [4.69, 9.17) is 11.5 Å². The van der Waals surface area contributed by atoms with Crippen LogP contribution in [0, 0.1) is 5.92 Å². The van der Waals surface area contributed by atoms with Crippen molar-refractivity contribution in [3.05, 3.63) is 0 Å². The molecule has 0 spiro atoms. The molecule has 14 heavy (non-hydrogen) atoms. The topological polar surface area (TPSA) is 89.4 Å². The summed E-state index contributed by atoms with van der Waals surface area (Å²) in [6.45, 7) is 3.90. The van der Waals surface area contributed by atoms with Crippen molar-refractivity contribution in [2.75, 3.05) is 13.6 Å². The minimum atomic E-state index is -0.542. The standard InChI is InChI=1S/C9H19N3O2/c1-6(2)4-7(10)9(14)12(3)5-8(11)13/h6-7H,4-5,10H2,1-3H3,(H2,11,13)/t7-/m1/s1. The number of carbonyl (C=O) groups is 2. The van der Waals surface area contributed by atoms with Crippen LogP contribution in [0.5, 0.6) is 0 Å². The molecule has 82 valence electrons. The summed E-state index contributed by atoms with van der Waals surface area (Å²) in [5, 5.41) is 0. The molecule has 0 aromatic heterocycles. The zero-order valence-electron chi connectivity index (χ0n) is 8.99. The molecule has 4 N–H and O–H groups in total. The van der Waals surface area contributed by atoms with Crippen molar-refractivity contribution >= 4 is 11.8 Å². The quantitative estimate of drug-likeness (QED) is 0.616. The van der Waals surface area contributed by atoms with E-state index in [9.17, 15) is 9.59 Å². The molecule has 0 bridgehead atoms. The molecule has 5 heteroatoms. The number of likely N-dealkylation sites (N-methyl/N-ethyl adjacent to an activating group) is 1. The Morgan fingerprint density at radius 2 is 1.86 bits per heavy atom. The molecule has 0 heterocycles. The maximum atomic E-state index is 11.5. The van der Waals surface area contributed by atoms with Crippen molar-refractivity contribution in [1.29, 1.82) is 0 Å². The van der Waals surface area contributed by atoms with Gasteiger partial charge in [0.25, 0.3) is 0 Å². The van der Waals surface area contributed by atoms with E-state index in [2.05, 4.69) is 0 Å². The second-order valence-electron chi connectivity index (χ2n) is 3.90. The molecule has 0 unspecified atom stereocenters. The van der Waals surface area contributed by atoms with Gasteiger partial charge in [-0.2, -0.15) is 0 Å². The van der Waals surface area contributed by atoms with Crippen molar-refractivity contribution in [3.63, 3.8) is 0 Å². The van der Waals surface area contributed by atoms with Gasteiger partial charge >= 0.3 is 0 Å². The lowest BCUT2D eigenvalue weighted by atomic mass is 10.0. The molecule has 0 radical (unpaired) electrons. The van der Waals surface area contributed by atoms with Gasteiger partial charge < -0.3 is 16.4 Å². The normalized spacial score (nSPS) is 12.6. The molecule has 1 atom stereocenters. The average molecular weight is 201 g/mol. The molecule has 0 saturated carbocycles. The molecule has 0 aromatic carbocycles. The summed E-state index contributed by atoms with van der Waals surface area (Å²) in [7, 11) is 1.52. The van der Waals surface area contributed by atoms with Gasteiger partial charge in [0, 0.05) is 7.05 Å². The van der Waals surface area contributed by atoms with Crippen LogP contribution in [0.2, 0.25) is 0 Å². The second kappa shape index (κ2) is 5.59. The number of nitrogens with zero attached hydrogens (tertiary/aromatic N) is 1. The summed E-state index contributed by atoms with van der Waals surface area (Å²) in [4.78, 5) is 23.3. The van der Waals surface area contributed by atoms with Crippen molar-refractivity contribution in [3.8, 4) is 0 Å². The first-order valence-electron chi connectivity index (χ1n) is 4.63. The van der Waals surface area contributed by atoms with Crippen molar-refractivity contribution < 1.29 is 9.59 Å². The highest BCUT2D eigenvalue weighted by Gasteiger charge is 2.19. The molecular weight excluding hydrogens is 182 g/mol. The number of rotatable bonds is 5. The summed E-state index contributed by atoms with van der Waals surface area (Å²) in [5.41, 5.74) is 10.6. The summed E-state index contributed by atoms with van der Waals surface area (Å²) >= 11 is 0. The number of nitrogens with two attached hydrogens (primary N) is 2. The largest absolute Gasteiger partial charge is 0.368 e. The Kier molecular flexibility index (Phi) is 5.15. The summed E-state index contributed by atoms with van der Waals surface area (Å²) in [6.07, 6.45) is 0.613. The van der Waals surface area contributed by atoms with Crippen LogP contribution >= 0.6 is 0 Å². The predicted octanol–water partition coefficient (Wildman–Crippen LogP) is -0.696. The molecule has 5 nitrogen and oxygen atoms in total. The molecule has 0 aromatic rings. The lowest BCUT2D eigenvalue weighted by molar-refractivity contribution is -0.135. The van der Waals surface area contributed by atoms with E-state index in [-0.39, 0.29) is 12.5 Å². The summed E-state index contributed by atoms with van der Waals surface area (Å²) in [6, 6.07) is -0.542. The van der Waals surface area contributed by atoms with Crippen LogP contribution in [0.4, 0.5) is 0 Å². The van der Waals surface area contributed by atoms with Gasteiger partial charge in [0.1, 0.15) is 0 Å². The summed E-state index contributed by atoms with van der Waals surface area (Å²) < 4.78 is 0. The molecule has 0 aliphatic carbocycles. The Morgan fingerprint density at radius 3 is 2.21 bits per heavy atom. The lowest BCUT2D eigenvalue weighted by Crippen LogP contribution is -2.45. The first kappa shape index (κ1) is 12.9. The average Bonchev–Trinajstić information content (AvgIpc) is 2.00.